The van der Waals surface area contributed by atoms with Crippen molar-refractivity contribution in [2.75, 3.05) is 18.4 Å². The van der Waals surface area contributed by atoms with Crippen molar-refractivity contribution in [2.24, 2.45) is 5.41 Å². The Balaban J connectivity index is 1.23. The van der Waals surface area contributed by atoms with Crippen LogP contribution in [-0.2, 0) is 4.79 Å². The van der Waals surface area contributed by atoms with Crippen molar-refractivity contribution >= 4 is 11.9 Å². The Hall–Kier alpha value is -2.64. The Morgan fingerprint density at radius 2 is 2.00 bits per heavy atom. The number of H-pyrrole nitrogens is 1. The van der Waals surface area contributed by atoms with Gasteiger partial charge in [-0.25, -0.2) is 0 Å². The van der Waals surface area contributed by atoms with E-state index in [0.717, 1.165) is 44.3 Å². The molecule has 2 aromatic rings. The lowest BCUT2D eigenvalue weighted by Crippen LogP contribution is -2.45. The molecule has 2 saturated carbocycles. The van der Waals surface area contributed by atoms with Crippen LogP contribution in [0, 0.1) is 5.41 Å². The predicted molar refractivity (Wildman–Crippen MR) is 103 cm³/mol. The highest BCUT2D eigenvalue weighted by atomic mass is 16.4. The summed E-state index contributed by atoms with van der Waals surface area (Å²) < 4.78 is 5.62. The third kappa shape index (κ3) is 3.31. The van der Waals surface area contributed by atoms with Crippen molar-refractivity contribution in [1.29, 1.82) is 0 Å². The Labute approximate surface area is 162 Å². The minimum absolute atomic E-state index is 0.0532. The number of carbonyl (C=O) groups is 1. The number of hydrogen-bond donors (Lipinski definition) is 2. The maximum absolute atomic E-state index is 12.7. The number of nitrogens with zero attached hydrogens (tertiary/aromatic N) is 3. The SMILES string of the molecule is C[C@H](Nc1nnc(-c2ccc(C3CC3)c(=O)[nH]2)o1)C(=O)N1CCC2(CC1)CC2. The van der Waals surface area contributed by atoms with E-state index in [1.807, 2.05) is 11.0 Å². The minimum Gasteiger partial charge on any atom is -0.402 e. The number of hydrogen-bond acceptors (Lipinski definition) is 6. The van der Waals surface area contributed by atoms with Crippen LogP contribution in [0.5, 0.6) is 0 Å². The molecule has 2 N–H and O–H groups in total. The van der Waals surface area contributed by atoms with Crippen molar-refractivity contribution in [3.63, 3.8) is 0 Å². The van der Waals surface area contributed by atoms with Gasteiger partial charge in [-0.2, -0.15) is 0 Å². The molecule has 3 heterocycles. The Morgan fingerprint density at radius 1 is 1.25 bits per heavy atom. The zero-order valence-corrected chi connectivity index (χ0v) is 16.0. The fraction of sp³-hybridized carbons (Fsp3) is 0.600. The average Bonchev–Trinajstić information content (AvgIpc) is 3.62. The number of anilines is 1. The van der Waals surface area contributed by atoms with Crippen LogP contribution in [0.1, 0.15) is 56.9 Å². The number of aromatic nitrogens is 3. The third-order valence-corrected chi connectivity index (χ3v) is 6.42. The standard InChI is InChI=1S/C20H25N5O3/c1-12(18(27)25-10-8-20(6-7-20)9-11-25)21-19-24-23-17(28-19)15-5-4-14(13-2-3-13)16(26)22-15/h4-5,12-13H,2-3,6-11H2,1H3,(H,21,24)(H,22,26)/t12-/m0/s1. The summed E-state index contributed by atoms with van der Waals surface area (Å²) in [6, 6.07) is 3.36. The Morgan fingerprint density at radius 3 is 2.64 bits per heavy atom. The Kier molecular flexibility index (Phi) is 4.03. The summed E-state index contributed by atoms with van der Waals surface area (Å²) in [5.74, 6) is 0.668. The van der Waals surface area contributed by atoms with Crippen LogP contribution in [0.15, 0.2) is 21.3 Å². The summed E-state index contributed by atoms with van der Waals surface area (Å²) in [4.78, 5) is 29.6. The summed E-state index contributed by atoms with van der Waals surface area (Å²) in [6.07, 6.45) is 7.00. The molecule has 8 heteroatoms. The highest BCUT2D eigenvalue weighted by Crippen LogP contribution is 2.53. The van der Waals surface area contributed by atoms with Crippen molar-refractivity contribution in [3.05, 3.63) is 28.0 Å². The second-order valence-electron chi connectivity index (χ2n) is 8.53. The quantitative estimate of drug-likeness (QED) is 0.822. The van der Waals surface area contributed by atoms with Crippen LogP contribution in [0.2, 0.25) is 0 Å². The van der Waals surface area contributed by atoms with Crippen molar-refractivity contribution in [3.8, 4) is 11.6 Å². The molecule has 2 aromatic heterocycles. The number of aromatic amines is 1. The molecule has 1 atom stereocenters. The van der Waals surface area contributed by atoms with Crippen molar-refractivity contribution in [1.82, 2.24) is 20.1 Å². The number of likely N-dealkylation sites (tertiary alicyclic amines) is 1. The fourth-order valence-corrected chi connectivity index (χ4v) is 4.11. The lowest BCUT2D eigenvalue weighted by molar-refractivity contribution is -0.133. The van der Waals surface area contributed by atoms with Gasteiger partial charge in [0.1, 0.15) is 11.7 Å². The van der Waals surface area contributed by atoms with E-state index in [2.05, 4.69) is 20.5 Å². The van der Waals surface area contributed by atoms with Crippen molar-refractivity contribution in [2.45, 2.75) is 57.4 Å². The van der Waals surface area contributed by atoms with Crippen LogP contribution >= 0.6 is 0 Å². The molecule has 148 valence electrons. The number of nitrogens with one attached hydrogen (secondary N) is 2. The van der Waals surface area contributed by atoms with Crippen LogP contribution in [0.3, 0.4) is 0 Å². The van der Waals surface area contributed by atoms with Gasteiger partial charge in [0, 0.05) is 18.7 Å². The highest BCUT2D eigenvalue weighted by molar-refractivity contribution is 5.83. The minimum atomic E-state index is -0.446. The summed E-state index contributed by atoms with van der Waals surface area (Å²) in [7, 11) is 0. The largest absolute Gasteiger partial charge is 0.402 e. The Bertz CT molecular complexity index is 947. The van der Waals surface area contributed by atoms with Gasteiger partial charge in [0.25, 0.3) is 11.4 Å². The van der Waals surface area contributed by atoms with Gasteiger partial charge in [0.05, 0.1) is 0 Å². The molecule has 8 nitrogen and oxygen atoms in total. The molecule has 0 radical (unpaired) electrons. The number of amides is 1. The van der Waals surface area contributed by atoms with Crippen LogP contribution in [0.25, 0.3) is 11.6 Å². The zero-order chi connectivity index (χ0) is 19.3. The van der Waals surface area contributed by atoms with E-state index in [1.165, 1.54) is 12.8 Å². The highest BCUT2D eigenvalue weighted by Gasteiger charge is 2.45. The molecule has 5 rings (SSSR count). The molecule has 3 aliphatic rings. The van der Waals surface area contributed by atoms with Crippen molar-refractivity contribution < 1.29 is 9.21 Å². The van der Waals surface area contributed by atoms with Gasteiger partial charge in [0.2, 0.25) is 5.91 Å². The first kappa shape index (κ1) is 17.5. The van der Waals surface area contributed by atoms with E-state index in [0.29, 0.717) is 17.0 Å². The lowest BCUT2D eigenvalue weighted by atomic mass is 9.93. The number of piperidine rings is 1. The number of rotatable bonds is 5. The molecule has 0 unspecified atom stereocenters. The first-order valence-corrected chi connectivity index (χ1v) is 10.2. The molecular formula is C20H25N5O3. The number of carbonyl (C=O) groups excluding carboxylic acids is 1. The van der Waals surface area contributed by atoms with Gasteiger partial charge in [-0.05, 0) is 62.8 Å². The second-order valence-corrected chi connectivity index (χ2v) is 8.53. The monoisotopic (exact) mass is 383 g/mol. The number of pyridine rings is 1. The smallest absolute Gasteiger partial charge is 0.316 e. The summed E-state index contributed by atoms with van der Waals surface area (Å²) in [5.41, 5.74) is 1.74. The topological polar surface area (TPSA) is 104 Å². The second kappa shape index (κ2) is 6.46. The van der Waals surface area contributed by atoms with Gasteiger partial charge in [0.15, 0.2) is 0 Å². The van der Waals surface area contributed by atoms with Gasteiger partial charge < -0.3 is 19.6 Å². The molecule has 1 aliphatic heterocycles. The van der Waals surface area contributed by atoms with E-state index in [-0.39, 0.29) is 23.4 Å². The van der Waals surface area contributed by atoms with E-state index in [4.69, 9.17) is 4.42 Å². The maximum Gasteiger partial charge on any atom is 0.316 e. The van der Waals surface area contributed by atoms with Gasteiger partial charge in [-0.3, -0.25) is 9.59 Å². The summed E-state index contributed by atoms with van der Waals surface area (Å²) >= 11 is 0. The summed E-state index contributed by atoms with van der Waals surface area (Å²) in [5, 5.41) is 11.0. The molecule has 1 spiro atoms. The molecule has 1 amide bonds. The molecule has 28 heavy (non-hydrogen) atoms. The van der Waals surface area contributed by atoms with Gasteiger partial charge >= 0.3 is 6.01 Å². The summed E-state index contributed by atoms with van der Waals surface area (Å²) in [6.45, 7) is 3.46. The molecular weight excluding hydrogens is 358 g/mol. The van der Waals surface area contributed by atoms with E-state index >= 15 is 0 Å². The predicted octanol–water partition coefficient (Wildman–Crippen LogP) is 2.51. The fourth-order valence-electron chi connectivity index (χ4n) is 4.11. The van der Waals surface area contributed by atoms with Crippen LogP contribution in [0.4, 0.5) is 6.01 Å². The molecule has 0 aromatic carbocycles. The average molecular weight is 383 g/mol. The van der Waals surface area contributed by atoms with Crippen LogP contribution < -0.4 is 10.9 Å². The van der Waals surface area contributed by atoms with Gasteiger partial charge in [-0.1, -0.05) is 11.2 Å². The molecule has 1 saturated heterocycles. The first-order chi connectivity index (χ1) is 13.5. The molecule has 0 bridgehead atoms. The van der Waals surface area contributed by atoms with Crippen LogP contribution in [-0.4, -0.2) is 45.1 Å². The third-order valence-electron chi connectivity index (χ3n) is 6.42. The lowest BCUT2D eigenvalue weighted by Gasteiger charge is -2.33. The van der Waals surface area contributed by atoms with Gasteiger partial charge in [-0.15, -0.1) is 5.10 Å². The van der Waals surface area contributed by atoms with E-state index < -0.39 is 6.04 Å². The molecule has 2 aliphatic carbocycles. The zero-order valence-electron chi connectivity index (χ0n) is 16.0. The molecule has 3 fully saturated rings. The first-order valence-electron chi connectivity index (χ1n) is 10.2. The maximum atomic E-state index is 12.7. The normalized spacial score (nSPS) is 21.5. The van der Waals surface area contributed by atoms with E-state index in [9.17, 15) is 9.59 Å². The van der Waals surface area contributed by atoms with E-state index in [1.54, 1.807) is 13.0 Å².